The van der Waals surface area contributed by atoms with Crippen molar-refractivity contribution in [2.45, 2.75) is 39.2 Å². The maximum absolute atomic E-state index is 13.1. The first kappa shape index (κ1) is 22.4. The normalized spacial score (nSPS) is 11.8. The highest BCUT2D eigenvalue weighted by Crippen LogP contribution is 2.23. The van der Waals surface area contributed by atoms with Gasteiger partial charge in [-0.1, -0.05) is 26.0 Å². The summed E-state index contributed by atoms with van der Waals surface area (Å²) in [6, 6.07) is 8.58. The van der Waals surface area contributed by atoms with E-state index >= 15 is 0 Å². The number of aliphatic imine (C=N–C) groups is 1. The molecule has 2 rings (SSSR count). The van der Waals surface area contributed by atoms with Crippen LogP contribution < -0.4 is 10.6 Å². The quantitative estimate of drug-likeness (QED) is 0.267. The van der Waals surface area contributed by atoms with Gasteiger partial charge in [0, 0.05) is 37.4 Å². The number of nitrogens with one attached hydrogen (secondary N) is 2. The fourth-order valence-corrected chi connectivity index (χ4v) is 2.49. The van der Waals surface area contributed by atoms with Crippen molar-refractivity contribution in [1.82, 2.24) is 20.4 Å². The van der Waals surface area contributed by atoms with Crippen LogP contribution in [0.25, 0.3) is 0 Å². The van der Waals surface area contributed by atoms with Gasteiger partial charge in [-0.25, -0.2) is 4.39 Å². The number of rotatable bonds is 8. The van der Waals surface area contributed by atoms with Gasteiger partial charge in [-0.3, -0.25) is 9.67 Å². The maximum Gasteiger partial charge on any atom is 0.191 e. The Morgan fingerprint density at radius 1 is 1.23 bits per heavy atom. The van der Waals surface area contributed by atoms with Crippen molar-refractivity contribution >= 4 is 29.9 Å². The van der Waals surface area contributed by atoms with Crippen molar-refractivity contribution < 1.29 is 4.39 Å². The zero-order valence-corrected chi connectivity index (χ0v) is 18.0. The van der Waals surface area contributed by atoms with Gasteiger partial charge in [0.25, 0.3) is 0 Å². The zero-order valence-electron chi connectivity index (χ0n) is 15.7. The highest BCUT2D eigenvalue weighted by molar-refractivity contribution is 14.0. The van der Waals surface area contributed by atoms with Gasteiger partial charge in [-0.05, 0) is 37.1 Å². The SMILES string of the molecule is CCNC(=NCC(C)(C)c1ccc(F)cc1)NCCCn1cccn1.I. The molecule has 1 heterocycles. The number of hydrogen-bond donors (Lipinski definition) is 2. The predicted molar refractivity (Wildman–Crippen MR) is 116 cm³/mol. The van der Waals surface area contributed by atoms with Gasteiger partial charge in [0.05, 0.1) is 6.54 Å². The molecule has 0 saturated heterocycles. The fourth-order valence-electron chi connectivity index (χ4n) is 2.49. The summed E-state index contributed by atoms with van der Waals surface area (Å²) < 4.78 is 15.0. The van der Waals surface area contributed by atoms with Crippen molar-refractivity contribution in [3.8, 4) is 0 Å². The van der Waals surface area contributed by atoms with Gasteiger partial charge in [-0.2, -0.15) is 5.10 Å². The lowest BCUT2D eigenvalue weighted by molar-refractivity contribution is 0.532. The first-order valence-electron chi connectivity index (χ1n) is 8.77. The Bertz CT molecular complexity index is 653. The van der Waals surface area contributed by atoms with E-state index in [0.717, 1.165) is 37.6 Å². The van der Waals surface area contributed by atoms with Crippen LogP contribution in [-0.4, -0.2) is 35.4 Å². The van der Waals surface area contributed by atoms with Gasteiger partial charge in [0.2, 0.25) is 0 Å². The first-order chi connectivity index (χ1) is 12.0. The smallest absolute Gasteiger partial charge is 0.191 e. The summed E-state index contributed by atoms with van der Waals surface area (Å²) in [7, 11) is 0. The van der Waals surface area contributed by atoms with Crippen LogP contribution >= 0.6 is 24.0 Å². The first-order valence-corrected chi connectivity index (χ1v) is 8.77. The Morgan fingerprint density at radius 2 is 1.96 bits per heavy atom. The van der Waals surface area contributed by atoms with Crippen molar-refractivity contribution in [2.24, 2.45) is 4.99 Å². The van der Waals surface area contributed by atoms with E-state index in [-0.39, 0.29) is 35.2 Å². The van der Waals surface area contributed by atoms with Crippen LogP contribution in [0.3, 0.4) is 0 Å². The minimum absolute atomic E-state index is 0. The number of aromatic nitrogens is 2. The van der Waals surface area contributed by atoms with Crippen molar-refractivity contribution in [1.29, 1.82) is 0 Å². The Labute approximate surface area is 172 Å². The van der Waals surface area contributed by atoms with E-state index in [1.807, 2.05) is 36.0 Å². The summed E-state index contributed by atoms with van der Waals surface area (Å²) in [6.07, 6.45) is 4.72. The van der Waals surface area contributed by atoms with Crippen LogP contribution in [-0.2, 0) is 12.0 Å². The average Bonchev–Trinajstić information content (AvgIpc) is 3.10. The third-order valence-corrected chi connectivity index (χ3v) is 4.02. The third-order valence-electron chi connectivity index (χ3n) is 4.02. The Kier molecular flexibility index (Phi) is 9.61. The summed E-state index contributed by atoms with van der Waals surface area (Å²) >= 11 is 0. The van der Waals surface area contributed by atoms with Crippen LogP contribution in [0.1, 0.15) is 32.8 Å². The van der Waals surface area contributed by atoms with E-state index in [2.05, 4.69) is 29.6 Å². The molecular formula is C19H29FIN5. The molecule has 26 heavy (non-hydrogen) atoms. The molecule has 0 amide bonds. The van der Waals surface area contributed by atoms with Crippen LogP contribution in [0.15, 0.2) is 47.7 Å². The van der Waals surface area contributed by atoms with E-state index in [0.29, 0.717) is 6.54 Å². The topological polar surface area (TPSA) is 54.2 Å². The molecule has 0 unspecified atom stereocenters. The summed E-state index contributed by atoms with van der Waals surface area (Å²) in [5.74, 6) is 0.591. The van der Waals surface area contributed by atoms with E-state index < -0.39 is 0 Å². The van der Waals surface area contributed by atoms with Crippen molar-refractivity contribution in [2.75, 3.05) is 19.6 Å². The molecule has 0 aliphatic heterocycles. The third kappa shape index (κ3) is 7.31. The molecule has 0 aliphatic rings. The van der Waals surface area contributed by atoms with Crippen LogP contribution in [0, 0.1) is 5.82 Å². The Morgan fingerprint density at radius 3 is 2.58 bits per heavy atom. The number of nitrogens with zero attached hydrogens (tertiary/aromatic N) is 3. The number of aryl methyl sites for hydroxylation is 1. The highest BCUT2D eigenvalue weighted by Gasteiger charge is 2.20. The van der Waals surface area contributed by atoms with Crippen LogP contribution in [0.5, 0.6) is 0 Å². The second kappa shape index (κ2) is 11.2. The standard InChI is InChI=1S/C19H28FN5.HI/c1-4-21-18(22-11-5-13-25-14-6-12-24-25)23-15-19(2,3)16-7-9-17(20)10-8-16;/h6-10,12,14H,4-5,11,13,15H2,1-3H3,(H2,21,22,23);1H. The molecule has 1 aromatic carbocycles. The molecule has 0 saturated carbocycles. The molecule has 7 heteroatoms. The second-order valence-corrected chi connectivity index (χ2v) is 6.64. The maximum atomic E-state index is 13.1. The summed E-state index contributed by atoms with van der Waals surface area (Å²) in [5, 5.41) is 10.8. The average molecular weight is 473 g/mol. The van der Waals surface area contributed by atoms with Gasteiger partial charge < -0.3 is 10.6 Å². The monoisotopic (exact) mass is 473 g/mol. The molecular weight excluding hydrogens is 444 g/mol. The molecule has 0 fully saturated rings. The van der Waals surface area contributed by atoms with Gasteiger partial charge in [-0.15, -0.1) is 24.0 Å². The summed E-state index contributed by atoms with van der Waals surface area (Å²) in [5.41, 5.74) is 0.914. The number of guanidine groups is 1. The predicted octanol–water partition coefficient (Wildman–Crippen LogP) is 3.56. The van der Waals surface area contributed by atoms with E-state index in [9.17, 15) is 4.39 Å². The minimum atomic E-state index is -0.213. The summed E-state index contributed by atoms with van der Waals surface area (Å²) in [6.45, 7) is 9.40. The number of halogens is 2. The molecule has 0 radical (unpaired) electrons. The van der Waals surface area contributed by atoms with Crippen molar-refractivity contribution in [3.05, 3.63) is 54.1 Å². The fraction of sp³-hybridized carbons (Fsp3) is 0.474. The molecule has 144 valence electrons. The lowest BCUT2D eigenvalue weighted by atomic mass is 9.85. The van der Waals surface area contributed by atoms with E-state index in [4.69, 9.17) is 4.99 Å². The van der Waals surface area contributed by atoms with Gasteiger partial charge in [0.15, 0.2) is 5.96 Å². The lowest BCUT2D eigenvalue weighted by Crippen LogP contribution is -2.39. The van der Waals surface area contributed by atoms with Gasteiger partial charge in [0.1, 0.15) is 5.82 Å². The largest absolute Gasteiger partial charge is 0.357 e. The lowest BCUT2D eigenvalue weighted by Gasteiger charge is -2.24. The Hall–Kier alpha value is -1.64. The number of benzene rings is 1. The molecule has 0 bridgehead atoms. The molecule has 1 aromatic heterocycles. The molecule has 2 N–H and O–H groups in total. The minimum Gasteiger partial charge on any atom is -0.357 e. The zero-order chi connectivity index (χ0) is 18.1. The number of hydrogen-bond acceptors (Lipinski definition) is 2. The molecule has 0 atom stereocenters. The summed E-state index contributed by atoms with van der Waals surface area (Å²) in [4.78, 5) is 4.70. The van der Waals surface area contributed by atoms with Crippen LogP contribution in [0.4, 0.5) is 4.39 Å². The van der Waals surface area contributed by atoms with E-state index in [1.165, 1.54) is 12.1 Å². The Balaban J connectivity index is 0.00000338. The van der Waals surface area contributed by atoms with Crippen molar-refractivity contribution in [3.63, 3.8) is 0 Å². The highest BCUT2D eigenvalue weighted by atomic mass is 127. The van der Waals surface area contributed by atoms with E-state index in [1.54, 1.807) is 6.20 Å². The second-order valence-electron chi connectivity index (χ2n) is 6.64. The van der Waals surface area contributed by atoms with Gasteiger partial charge >= 0.3 is 0 Å². The molecule has 2 aromatic rings. The molecule has 5 nitrogen and oxygen atoms in total. The molecule has 0 aliphatic carbocycles. The van der Waals surface area contributed by atoms with Crippen LogP contribution in [0.2, 0.25) is 0 Å². The molecule has 0 spiro atoms.